The van der Waals surface area contributed by atoms with E-state index in [1.807, 2.05) is 0 Å². The van der Waals surface area contributed by atoms with E-state index in [9.17, 15) is 24.6 Å². The third-order valence-electron chi connectivity index (χ3n) is 3.74. The Morgan fingerprint density at radius 2 is 2.08 bits per heavy atom. The van der Waals surface area contributed by atoms with Crippen LogP contribution in [0.4, 0.5) is 10.1 Å². The molecule has 6 nitrogen and oxygen atoms in total. The molecular formula is C18H9ClFN3O3. The van der Waals surface area contributed by atoms with Gasteiger partial charge in [-0.05, 0) is 30.3 Å². The lowest BCUT2D eigenvalue weighted by Crippen LogP contribution is -2.01. The van der Waals surface area contributed by atoms with Gasteiger partial charge < -0.3 is 4.98 Å². The Hall–Kier alpha value is -3.50. The number of nitriles is 1. The van der Waals surface area contributed by atoms with Crippen molar-refractivity contribution in [3.05, 3.63) is 80.2 Å². The topological polar surface area (TPSA) is 99.8 Å². The lowest BCUT2D eigenvalue weighted by molar-refractivity contribution is -0.384. The van der Waals surface area contributed by atoms with Gasteiger partial charge in [0, 0.05) is 45.4 Å². The number of H-pyrrole nitrogens is 1. The van der Waals surface area contributed by atoms with Gasteiger partial charge >= 0.3 is 0 Å². The van der Waals surface area contributed by atoms with Crippen molar-refractivity contribution in [2.24, 2.45) is 0 Å². The summed E-state index contributed by atoms with van der Waals surface area (Å²) in [6.45, 7) is 0. The van der Waals surface area contributed by atoms with Crippen molar-refractivity contribution in [2.75, 3.05) is 0 Å². The molecule has 0 fully saturated rings. The van der Waals surface area contributed by atoms with Crippen molar-refractivity contribution in [1.29, 1.82) is 5.26 Å². The fourth-order valence-corrected chi connectivity index (χ4v) is 2.66. The standard InChI is InChI=1S/C18H9ClFN3O3/c19-16-4-2-13(23(25)26)6-10(16)5-11(8-21)18(24)15-9-22-17-7-12(20)1-3-14(15)17/h1-7,9,22H. The normalized spacial score (nSPS) is 11.3. The zero-order valence-electron chi connectivity index (χ0n) is 13.0. The number of carbonyl (C=O) groups is 1. The van der Waals surface area contributed by atoms with Gasteiger partial charge in [0.25, 0.3) is 5.69 Å². The first kappa shape index (κ1) is 17.3. The van der Waals surface area contributed by atoms with Crippen LogP contribution in [0, 0.1) is 27.3 Å². The van der Waals surface area contributed by atoms with Gasteiger partial charge in [-0.15, -0.1) is 0 Å². The molecule has 2 aromatic carbocycles. The average Bonchev–Trinajstić information content (AvgIpc) is 3.03. The summed E-state index contributed by atoms with van der Waals surface area (Å²) >= 11 is 6.01. The quantitative estimate of drug-likeness (QED) is 0.237. The van der Waals surface area contributed by atoms with Crippen LogP contribution in [0.5, 0.6) is 0 Å². The van der Waals surface area contributed by atoms with Crippen LogP contribution in [0.3, 0.4) is 0 Å². The first-order chi connectivity index (χ1) is 12.4. The van der Waals surface area contributed by atoms with Crippen molar-refractivity contribution >= 4 is 40.1 Å². The van der Waals surface area contributed by atoms with E-state index < -0.39 is 16.5 Å². The molecule has 1 aromatic heterocycles. The third-order valence-corrected chi connectivity index (χ3v) is 4.09. The fourth-order valence-electron chi connectivity index (χ4n) is 2.49. The Morgan fingerprint density at radius 3 is 2.77 bits per heavy atom. The minimum Gasteiger partial charge on any atom is -0.360 e. The summed E-state index contributed by atoms with van der Waals surface area (Å²) in [6, 6.07) is 9.38. The number of non-ortho nitro benzene ring substituents is 1. The molecule has 0 aliphatic heterocycles. The van der Waals surface area contributed by atoms with Gasteiger partial charge in [0.2, 0.25) is 5.78 Å². The summed E-state index contributed by atoms with van der Waals surface area (Å²) in [5, 5.41) is 20.9. The van der Waals surface area contributed by atoms with Gasteiger partial charge in [-0.3, -0.25) is 14.9 Å². The first-order valence-electron chi connectivity index (χ1n) is 7.28. The second kappa shape index (κ2) is 6.78. The predicted molar refractivity (Wildman–Crippen MR) is 94.3 cm³/mol. The molecule has 26 heavy (non-hydrogen) atoms. The number of rotatable bonds is 4. The van der Waals surface area contributed by atoms with Crippen LogP contribution >= 0.6 is 11.6 Å². The number of aromatic amines is 1. The number of hydrogen-bond acceptors (Lipinski definition) is 4. The van der Waals surface area contributed by atoms with E-state index >= 15 is 0 Å². The number of halogens is 2. The number of hydrogen-bond donors (Lipinski definition) is 1. The van der Waals surface area contributed by atoms with Crippen molar-refractivity contribution in [1.82, 2.24) is 4.98 Å². The second-order valence-corrected chi connectivity index (χ2v) is 5.76. The zero-order chi connectivity index (χ0) is 18.8. The first-order valence-corrected chi connectivity index (χ1v) is 7.65. The molecule has 0 saturated carbocycles. The Kier molecular flexibility index (Phi) is 4.52. The third kappa shape index (κ3) is 3.18. The maximum absolute atomic E-state index is 13.3. The smallest absolute Gasteiger partial charge is 0.270 e. The van der Waals surface area contributed by atoms with Crippen LogP contribution in [0.25, 0.3) is 17.0 Å². The Morgan fingerprint density at radius 1 is 1.31 bits per heavy atom. The van der Waals surface area contributed by atoms with Gasteiger partial charge in [0.05, 0.1) is 4.92 Å². The summed E-state index contributed by atoms with van der Waals surface area (Å²) in [4.78, 5) is 25.8. The molecule has 128 valence electrons. The maximum atomic E-state index is 13.3. The molecule has 0 spiro atoms. The minimum atomic E-state index is -0.604. The molecule has 0 aliphatic rings. The highest BCUT2D eigenvalue weighted by atomic mass is 35.5. The lowest BCUT2D eigenvalue weighted by Gasteiger charge is -2.01. The highest BCUT2D eigenvalue weighted by Crippen LogP contribution is 2.26. The van der Waals surface area contributed by atoms with E-state index in [-0.39, 0.29) is 27.4 Å². The number of ketones is 1. The molecule has 0 atom stereocenters. The van der Waals surface area contributed by atoms with Gasteiger partial charge in [-0.1, -0.05) is 11.6 Å². The second-order valence-electron chi connectivity index (χ2n) is 5.35. The molecule has 1 heterocycles. The Balaban J connectivity index is 2.07. The number of benzene rings is 2. The van der Waals surface area contributed by atoms with Crippen molar-refractivity contribution < 1.29 is 14.1 Å². The van der Waals surface area contributed by atoms with Crippen LogP contribution < -0.4 is 0 Å². The number of aromatic nitrogens is 1. The van der Waals surface area contributed by atoms with E-state index in [0.717, 1.165) is 0 Å². The number of Topliss-reactive ketones (excluding diaryl/α,β-unsaturated/α-hetero) is 1. The molecule has 0 amide bonds. The number of fused-ring (bicyclic) bond motifs is 1. The number of nitro benzene ring substituents is 1. The number of nitrogens with zero attached hydrogens (tertiary/aromatic N) is 2. The highest BCUT2D eigenvalue weighted by Gasteiger charge is 2.18. The Labute approximate surface area is 151 Å². The van der Waals surface area contributed by atoms with Crippen molar-refractivity contribution in [3.8, 4) is 6.07 Å². The van der Waals surface area contributed by atoms with Gasteiger partial charge in [-0.25, -0.2) is 4.39 Å². The van der Waals surface area contributed by atoms with E-state index in [1.54, 1.807) is 6.07 Å². The molecule has 0 saturated heterocycles. The molecule has 8 heteroatoms. The molecular weight excluding hydrogens is 361 g/mol. The van der Waals surface area contributed by atoms with Gasteiger partial charge in [-0.2, -0.15) is 5.26 Å². The zero-order valence-corrected chi connectivity index (χ0v) is 13.7. The summed E-state index contributed by atoms with van der Waals surface area (Å²) < 4.78 is 13.3. The van der Waals surface area contributed by atoms with Crippen LogP contribution in [0.15, 0.2) is 48.2 Å². The molecule has 3 rings (SSSR count). The van der Waals surface area contributed by atoms with Crippen molar-refractivity contribution in [2.45, 2.75) is 0 Å². The monoisotopic (exact) mass is 369 g/mol. The predicted octanol–water partition coefficient (Wildman–Crippen LogP) is 4.66. The van der Waals surface area contributed by atoms with Crippen LogP contribution in [-0.4, -0.2) is 15.7 Å². The molecule has 1 N–H and O–H groups in total. The number of carbonyl (C=O) groups excluding carboxylic acids is 1. The van der Waals surface area contributed by atoms with E-state index in [2.05, 4.69) is 4.98 Å². The molecule has 0 bridgehead atoms. The molecule has 0 aliphatic carbocycles. The number of nitrogens with one attached hydrogen (secondary N) is 1. The molecule has 0 unspecified atom stereocenters. The maximum Gasteiger partial charge on any atom is 0.270 e. The van der Waals surface area contributed by atoms with Crippen LogP contribution in [0.1, 0.15) is 15.9 Å². The summed E-state index contributed by atoms with van der Waals surface area (Å²) in [6.07, 6.45) is 2.58. The summed E-state index contributed by atoms with van der Waals surface area (Å²) in [7, 11) is 0. The molecule has 0 radical (unpaired) electrons. The van der Waals surface area contributed by atoms with E-state index in [1.165, 1.54) is 48.7 Å². The Bertz CT molecular complexity index is 1130. The van der Waals surface area contributed by atoms with E-state index in [0.29, 0.717) is 10.9 Å². The van der Waals surface area contributed by atoms with E-state index in [4.69, 9.17) is 11.6 Å². The average molecular weight is 370 g/mol. The van der Waals surface area contributed by atoms with Gasteiger partial charge in [0.15, 0.2) is 0 Å². The fraction of sp³-hybridized carbons (Fsp3) is 0. The summed E-state index contributed by atoms with van der Waals surface area (Å²) in [5.41, 5.74) is 0.315. The number of allylic oxidation sites excluding steroid dienone is 1. The molecule has 3 aromatic rings. The largest absolute Gasteiger partial charge is 0.360 e. The van der Waals surface area contributed by atoms with Crippen LogP contribution in [-0.2, 0) is 0 Å². The minimum absolute atomic E-state index is 0.164. The van der Waals surface area contributed by atoms with Crippen LogP contribution in [0.2, 0.25) is 5.02 Å². The summed E-state index contributed by atoms with van der Waals surface area (Å²) in [5.74, 6) is -1.06. The van der Waals surface area contributed by atoms with Crippen molar-refractivity contribution in [3.63, 3.8) is 0 Å². The van der Waals surface area contributed by atoms with Gasteiger partial charge in [0.1, 0.15) is 17.5 Å². The SMILES string of the molecule is N#CC(=Cc1cc([N+](=O)[O-])ccc1Cl)C(=O)c1c[nH]c2cc(F)ccc12. The highest BCUT2D eigenvalue weighted by molar-refractivity contribution is 6.32. The number of nitro groups is 1. The lowest BCUT2D eigenvalue weighted by atomic mass is 10.0.